The van der Waals surface area contributed by atoms with E-state index >= 15 is 0 Å². The molecule has 27 heavy (non-hydrogen) atoms. The van der Waals surface area contributed by atoms with Crippen molar-refractivity contribution in [3.63, 3.8) is 0 Å². The van der Waals surface area contributed by atoms with Gasteiger partial charge in [-0.05, 0) is 23.8 Å². The van der Waals surface area contributed by atoms with E-state index in [1.54, 1.807) is 10.6 Å². The van der Waals surface area contributed by atoms with E-state index in [9.17, 15) is 23.1 Å². The lowest BCUT2D eigenvalue weighted by atomic mass is 10.2. The number of hydrogen-bond acceptors (Lipinski definition) is 2. The minimum Gasteiger partial charge on any atom is -0.477 e. The number of para-hydroxylation sites is 1. The molecule has 142 valence electrons. The lowest BCUT2D eigenvalue weighted by molar-refractivity contribution is -0.192. The van der Waals surface area contributed by atoms with E-state index in [0.717, 1.165) is 16.5 Å². The lowest BCUT2D eigenvalue weighted by Gasteiger charge is -2.10. The fourth-order valence-electron chi connectivity index (χ4n) is 2.35. The zero-order valence-electron chi connectivity index (χ0n) is 13.6. The van der Waals surface area contributed by atoms with Crippen LogP contribution in [0.2, 0.25) is 5.02 Å². The molecule has 9 heteroatoms. The Hall–Kier alpha value is -3.00. The van der Waals surface area contributed by atoms with Crippen LogP contribution in [0.25, 0.3) is 10.9 Å². The first kappa shape index (κ1) is 20.3. The molecule has 0 saturated carbocycles. The van der Waals surface area contributed by atoms with Crippen LogP contribution in [0.4, 0.5) is 13.2 Å². The van der Waals surface area contributed by atoms with Crippen LogP contribution in [0.15, 0.2) is 54.6 Å². The summed E-state index contributed by atoms with van der Waals surface area (Å²) >= 11 is 6.16. The van der Waals surface area contributed by atoms with Crippen molar-refractivity contribution in [2.45, 2.75) is 12.7 Å². The number of hydrogen-bond donors (Lipinski definition) is 2. The van der Waals surface area contributed by atoms with E-state index in [1.807, 2.05) is 48.5 Å². The van der Waals surface area contributed by atoms with E-state index in [2.05, 4.69) is 0 Å². The maximum atomic E-state index is 11.4. The molecule has 0 atom stereocenters. The smallest absolute Gasteiger partial charge is 0.477 e. The standard InChI is InChI=1S/C16H12ClNO2.C2HF3O2/c17-13-7-3-1-6-12(13)10-18-14-8-4-2-5-11(14)9-15(18)16(19)20;3-2(4,5)1(6)7/h1-9H,10H2,(H,19,20);(H,6,7). The average molecular weight is 400 g/mol. The highest BCUT2D eigenvalue weighted by Crippen LogP contribution is 2.24. The van der Waals surface area contributed by atoms with Gasteiger partial charge in [0.1, 0.15) is 5.69 Å². The van der Waals surface area contributed by atoms with E-state index in [4.69, 9.17) is 21.5 Å². The summed E-state index contributed by atoms with van der Waals surface area (Å²) in [6, 6.07) is 16.8. The van der Waals surface area contributed by atoms with Crippen LogP contribution in [-0.2, 0) is 11.3 Å². The van der Waals surface area contributed by atoms with Crippen LogP contribution in [0.3, 0.4) is 0 Å². The van der Waals surface area contributed by atoms with Crippen LogP contribution in [0.1, 0.15) is 16.1 Å². The summed E-state index contributed by atoms with van der Waals surface area (Å²) in [7, 11) is 0. The van der Waals surface area contributed by atoms with E-state index in [1.165, 1.54) is 0 Å². The normalized spacial score (nSPS) is 11.0. The third kappa shape index (κ3) is 5.01. The van der Waals surface area contributed by atoms with Gasteiger partial charge in [-0.25, -0.2) is 9.59 Å². The first-order chi connectivity index (χ1) is 12.6. The molecule has 0 amide bonds. The predicted molar refractivity (Wildman–Crippen MR) is 93.1 cm³/mol. The molecular formula is C18H13ClF3NO4. The fourth-order valence-corrected chi connectivity index (χ4v) is 2.55. The second-order valence-corrected chi connectivity index (χ2v) is 5.78. The monoisotopic (exact) mass is 399 g/mol. The summed E-state index contributed by atoms with van der Waals surface area (Å²) in [6.45, 7) is 0.439. The summed E-state index contributed by atoms with van der Waals surface area (Å²) in [4.78, 5) is 20.3. The minimum atomic E-state index is -5.08. The van der Waals surface area contributed by atoms with Crippen molar-refractivity contribution in [1.29, 1.82) is 0 Å². The Morgan fingerprint density at radius 3 is 2.11 bits per heavy atom. The molecule has 0 fully saturated rings. The maximum absolute atomic E-state index is 11.4. The molecular weight excluding hydrogens is 387 g/mol. The topological polar surface area (TPSA) is 79.5 Å². The molecule has 0 saturated heterocycles. The van der Waals surface area contributed by atoms with Gasteiger partial charge in [0.15, 0.2) is 0 Å². The van der Waals surface area contributed by atoms with Crippen molar-refractivity contribution >= 4 is 34.4 Å². The number of fused-ring (bicyclic) bond motifs is 1. The second-order valence-electron chi connectivity index (χ2n) is 5.37. The number of rotatable bonds is 3. The maximum Gasteiger partial charge on any atom is 0.490 e. The summed E-state index contributed by atoms with van der Waals surface area (Å²) in [6.07, 6.45) is -5.08. The molecule has 2 aromatic carbocycles. The number of benzene rings is 2. The van der Waals surface area contributed by atoms with E-state index in [0.29, 0.717) is 11.6 Å². The molecule has 0 spiro atoms. The molecule has 0 bridgehead atoms. The fraction of sp³-hybridized carbons (Fsp3) is 0.111. The van der Waals surface area contributed by atoms with Gasteiger partial charge in [0.2, 0.25) is 0 Å². The highest BCUT2D eigenvalue weighted by molar-refractivity contribution is 6.31. The first-order valence-electron chi connectivity index (χ1n) is 7.46. The van der Waals surface area contributed by atoms with Crippen LogP contribution in [0, 0.1) is 0 Å². The van der Waals surface area contributed by atoms with Crippen LogP contribution >= 0.6 is 11.6 Å². The molecule has 0 aliphatic rings. The van der Waals surface area contributed by atoms with Gasteiger partial charge in [-0.3, -0.25) is 0 Å². The largest absolute Gasteiger partial charge is 0.490 e. The molecule has 5 nitrogen and oxygen atoms in total. The van der Waals surface area contributed by atoms with E-state index in [-0.39, 0.29) is 5.69 Å². The number of nitrogens with zero attached hydrogens (tertiary/aromatic N) is 1. The van der Waals surface area contributed by atoms with Gasteiger partial charge in [0, 0.05) is 22.5 Å². The average Bonchev–Trinajstić information content (AvgIpc) is 2.96. The third-order valence-corrected chi connectivity index (χ3v) is 3.93. The number of carbonyl (C=O) groups is 2. The molecule has 0 aliphatic carbocycles. The minimum absolute atomic E-state index is 0.270. The van der Waals surface area contributed by atoms with Gasteiger partial charge in [-0.15, -0.1) is 0 Å². The highest BCUT2D eigenvalue weighted by atomic mass is 35.5. The predicted octanol–water partition coefficient (Wildman–Crippen LogP) is 4.67. The van der Waals surface area contributed by atoms with Crippen molar-refractivity contribution in [1.82, 2.24) is 4.57 Å². The number of halogens is 4. The number of carboxylic acid groups (broad SMARTS) is 2. The number of aromatic carboxylic acids is 1. The van der Waals surface area contributed by atoms with Gasteiger partial charge < -0.3 is 14.8 Å². The molecule has 0 radical (unpaired) electrons. The molecule has 2 N–H and O–H groups in total. The molecule has 3 rings (SSSR count). The Morgan fingerprint density at radius 1 is 1.00 bits per heavy atom. The summed E-state index contributed by atoms with van der Waals surface area (Å²) in [5.41, 5.74) is 2.06. The van der Waals surface area contributed by atoms with Crippen LogP contribution in [0.5, 0.6) is 0 Å². The number of aliphatic carboxylic acids is 1. The summed E-state index contributed by atoms with van der Waals surface area (Å²) in [5.74, 6) is -3.69. The van der Waals surface area contributed by atoms with E-state index < -0.39 is 18.1 Å². The van der Waals surface area contributed by atoms with Crippen LogP contribution < -0.4 is 0 Å². The summed E-state index contributed by atoms with van der Waals surface area (Å²) < 4.78 is 33.5. The summed E-state index contributed by atoms with van der Waals surface area (Å²) in [5, 5.41) is 18.0. The molecule has 0 aliphatic heterocycles. The van der Waals surface area contributed by atoms with Gasteiger partial charge in [-0.2, -0.15) is 13.2 Å². The zero-order chi connectivity index (χ0) is 20.2. The Balaban J connectivity index is 0.000000321. The number of alkyl halides is 3. The first-order valence-corrected chi connectivity index (χ1v) is 7.84. The molecule has 1 aromatic heterocycles. The lowest BCUT2D eigenvalue weighted by Crippen LogP contribution is -2.21. The second kappa shape index (κ2) is 8.13. The van der Waals surface area contributed by atoms with Crippen molar-refractivity contribution in [2.75, 3.05) is 0 Å². The zero-order valence-corrected chi connectivity index (χ0v) is 14.3. The SMILES string of the molecule is O=C(O)C(F)(F)F.O=C(O)c1cc2ccccc2n1Cc1ccccc1Cl. The Kier molecular flexibility index (Phi) is 6.12. The highest BCUT2D eigenvalue weighted by Gasteiger charge is 2.38. The Labute approximate surface area is 156 Å². The Bertz CT molecular complexity index is 982. The third-order valence-electron chi connectivity index (χ3n) is 3.56. The van der Waals surface area contributed by atoms with Crippen LogP contribution in [-0.4, -0.2) is 32.9 Å². The van der Waals surface area contributed by atoms with Crippen molar-refractivity contribution in [3.05, 3.63) is 70.9 Å². The number of aromatic nitrogens is 1. The van der Waals surface area contributed by atoms with Crippen molar-refractivity contribution < 1.29 is 33.0 Å². The van der Waals surface area contributed by atoms with Gasteiger partial charge in [0.25, 0.3) is 0 Å². The quantitative estimate of drug-likeness (QED) is 0.670. The number of carboxylic acids is 2. The van der Waals surface area contributed by atoms with Gasteiger partial charge in [-0.1, -0.05) is 48.0 Å². The molecule has 0 unspecified atom stereocenters. The Morgan fingerprint density at radius 2 is 1.56 bits per heavy atom. The molecule has 3 aromatic rings. The van der Waals surface area contributed by atoms with Crippen molar-refractivity contribution in [3.8, 4) is 0 Å². The molecule has 1 heterocycles. The van der Waals surface area contributed by atoms with Gasteiger partial charge >= 0.3 is 18.1 Å². The van der Waals surface area contributed by atoms with Crippen molar-refractivity contribution in [2.24, 2.45) is 0 Å². The van der Waals surface area contributed by atoms with Gasteiger partial charge in [0.05, 0.1) is 0 Å².